The molecule has 98 valence electrons. The summed E-state index contributed by atoms with van der Waals surface area (Å²) in [5.41, 5.74) is 5.66. The largest absolute Gasteiger partial charge is 0.469 e. The molecule has 1 aliphatic heterocycles. The number of hydrogen-bond donors (Lipinski definition) is 2. The number of carbonyl (C=O) groups excluding carboxylic acids is 2. The third-order valence-corrected chi connectivity index (χ3v) is 3.04. The van der Waals surface area contributed by atoms with Crippen molar-refractivity contribution in [3.8, 4) is 0 Å². The van der Waals surface area contributed by atoms with E-state index in [1.165, 1.54) is 11.2 Å². The maximum Gasteiger partial charge on any atom is 0.257 e. The van der Waals surface area contributed by atoms with Gasteiger partial charge >= 0.3 is 0 Å². The summed E-state index contributed by atoms with van der Waals surface area (Å²) in [6, 6.07) is 1.68. The lowest BCUT2D eigenvalue weighted by Gasteiger charge is -2.26. The van der Waals surface area contributed by atoms with E-state index in [1.807, 2.05) is 0 Å². The van der Waals surface area contributed by atoms with Gasteiger partial charge in [0.2, 0.25) is 5.91 Å². The number of nitrogens with two attached hydrogens (primary N) is 1. The van der Waals surface area contributed by atoms with Crippen LogP contribution >= 0.6 is 0 Å². The Kier molecular flexibility index (Phi) is 3.66. The molecule has 1 fully saturated rings. The summed E-state index contributed by atoms with van der Waals surface area (Å²) in [6.45, 7) is 3.25. The van der Waals surface area contributed by atoms with Crippen molar-refractivity contribution in [1.82, 2.24) is 10.2 Å². The maximum absolute atomic E-state index is 12.3. The molecule has 2 amide bonds. The lowest BCUT2D eigenvalue weighted by Crippen LogP contribution is -2.46. The molecule has 2 rings (SSSR count). The van der Waals surface area contributed by atoms with Crippen molar-refractivity contribution in [2.75, 3.05) is 19.6 Å². The van der Waals surface area contributed by atoms with E-state index in [0.29, 0.717) is 17.9 Å². The van der Waals surface area contributed by atoms with Gasteiger partial charge in [-0.2, -0.15) is 0 Å². The van der Waals surface area contributed by atoms with Crippen LogP contribution < -0.4 is 11.1 Å². The number of carbonyl (C=O) groups is 2. The summed E-state index contributed by atoms with van der Waals surface area (Å²) < 4.78 is 5.12. The molecule has 3 N–H and O–H groups in total. The highest BCUT2D eigenvalue weighted by atomic mass is 16.3. The Morgan fingerprint density at radius 2 is 2.39 bits per heavy atom. The number of nitrogens with zero attached hydrogens (tertiary/aromatic N) is 1. The summed E-state index contributed by atoms with van der Waals surface area (Å²) in [5.74, 6) is -0.0447. The van der Waals surface area contributed by atoms with Crippen molar-refractivity contribution < 1.29 is 14.0 Å². The first-order valence-electron chi connectivity index (χ1n) is 5.93. The van der Waals surface area contributed by atoms with E-state index in [2.05, 4.69) is 5.32 Å². The highest BCUT2D eigenvalue weighted by molar-refractivity contribution is 5.96. The van der Waals surface area contributed by atoms with Crippen LogP contribution in [0.4, 0.5) is 0 Å². The van der Waals surface area contributed by atoms with E-state index in [1.54, 1.807) is 13.0 Å². The van der Waals surface area contributed by atoms with Gasteiger partial charge in [-0.05, 0) is 26.0 Å². The van der Waals surface area contributed by atoms with Gasteiger partial charge in [0.25, 0.3) is 5.91 Å². The molecule has 0 aromatic carbocycles. The molecule has 6 heteroatoms. The van der Waals surface area contributed by atoms with Crippen molar-refractivity contribution in [2.45, 2.75) is 19.4 Å². The summed E-state index contributed by atoms with van der Waals surface area (Å²) in [7, 11) is 0. The average Bonchev–Trinajstić information content (AvgIpc) is 2.95. The molecule has 1 atom stereocenters. The molecule has 1 aromatic heterocycles. The van der Waals surface area contributed by atoms with Crippen molar-refractivity contribution >= 4 is 11.8 Å². The third-order valence-electron chi connectivity index (χ3n) is 3.04. The summed E-state index contributed by atoms with van der Waals surface area (Å²) in [4.78, 5) is 24.9. The lowest BCUT2D eigenvalue weighted by molar-refractivity contribution is -0.119. The van der Waals surface area contributed by atoms with Crippen molar-refractivity contribution in [2.24, 2.45) is 5.73 Å². The van der Waals surface area contributed by atoms with Gasteiger partial charge in [-0.3, -0.25) is 9.59 Å². The summed E-state index contributed by atoms with van der Waals surface area (Å²) in [5, 5.41) is 3.17. The van der Waals surface area contributed by atoms with Gasteiger partial charge in [0.1, 0.15) is 12.0 Å². The van der Waals surface area contributed by atoms with Gasteiger partial charge in [0.15, 0.2) is 0 Å². The zero-order chi connectivity index (χ0) is 13.1. The van der Waals surface area contributed by atoms with Gasteiger partial charge < -0.3 is 20.4 Å². The Balaban J connectivity index is 2.17. The van der Waals surface area contributed by atoms with Crippen LogP contribution in [0.1, 0.15) is 22.5 Å². The second-order valence-electron chi connectivity index (χ2n) is 4.49. The Morgan fingerprint density at radius 1 is 1.61 bits per heavy atom. The Labute approximate surface area is 105 Å². The van der Waals surface area contributed by atoms with Crippen LogP contribution in [-0.4, -0.2) is 42.4 Å². The molecule has 2 heterocycles. The Morgan fingerprint density at radius 3 is 2.89 bits per heavy atom. The first kappa shape index (κ1) is 12.6. The van der Waals surface area contributed by atoms with Crippen LogP contribution in [0, 0.1) is 6.92 Å². The lowest BCUT2D eigenvalue weighted by atomic mass is 10.1. The van der Waals surface area contributed by atoms with E-state index < -0.39 is 5.91 Å². The molecule has 0 spiro atoms. The monoisotopic (exact) mass is 251 g/mol. The SMILES string of the molecule is Cc1cc(C(=O)N(CC(N)=O)C2CCNC2)co1. The molecule has 18 heavy (non-hydrogen) atoms. The predicted molar refractivity (Wildman–Crippen MR) is 65.0 cm³/mol. The topological polar surface area (TPSA) is 88.6 Å². The zero-order valence-electron chi connectivity index (χ0n) is 10.3. The molecule has 1 saturated heterocycles. The summed E-state index contributed by atoms with van der Waals surface area (Å²) >= 11 is 0. The number of amides is 2. The number of nitrogens with one attached hydrogen (secondary N) is 1. The molecule has 0 aliphatic carbocycles. The van der Waals surface area contributed by atoms with Crippen molar-refractivity contribution in [1.29, 1.82) is 0 Å². The number of primary amides is 1. The highest BCUT2D eigenvalue weighted by Crippen LogP contribution is 2.15. The van der Waals surface area contributed by atoms with E-state index in [0.717, 1.165) is 13.0 Å². The Bertz CT molecular complexity index is 449. The van der Waals surface area contributed by atoms with Crippen LogP contribution in [0.25, 0.3) is 0 Å². The molecule has 6 nitrogen and oxygen atoms in total. The number of rotatable bonds is 4. The molecule has 0 saturated carbocycles. The van der Waals surface area contributed by atoms with Crippen LogP contribution in [0.3, 0.4) is 0 Å². The fourth-order valence-electron chi connectivity index (χ4n) is 2.16. The first-order valence-corrected chi connectivity index (χ1v) is 5.93. The van der Waals surface area contributed by atoms with Gasteiger partial charge in [0.05, 0.1) is 12.1 Å². The minimum atomic E-state index is -0.504. The number of hydrogen-bond acceptors (Lipinski definition) is 4. The van der Waals surface area contributed by atoms with Gasteiger partial charge in [-0.1, -0.05) is 0 Å². The van der Waals surface area contributed by atoms with E-state index in [9.17, 15) is 9.59 Å². The van der Waals surface area contributed by atoms with E-state index in [-0.39, 0.29) is 18.5 Å². The quantitative estimate of drug-likeness (QED) is 0.780. The second-order valence-corrected chi connectivity index (χ2v) is 4.49. The average molecular weight is 251 g/mol. The number of aryl methyl sites for hydroxylation is 1. The normalized spacial score (nSPS) is 18.8. The fraction of sp³-hybridized carbons (Fsp3) is 0.500. The molecular weight excluding hydrogens is 234 g/mol. The van der Waals surface area contributed by atoms with Crippen LogP contribution in [0.15, 0.2) is 16.7 Å². The van der Waals surface area contributed by atoms with Gasteiger partial charge in [0, 0.05) is 12.6 Å². The molecule has 1 unspecified atom stereocenters. The second kappa shape index (κ2) is 5.22. The maximum atomic E-state index is 12.3. The number of furan rings is 1. The molecule has 1 aliphatic rings. The molecule has 0 radical (unpaired) electrons. The standard InChI is InChI=1S/C12H17N3O3/c1-8-4-9(7-18-8)12(17)15(6-11(13)16)10-2-3-14-5-10/h4,7,10,14H,2-3,5-6H2,1H3,(H2,13,16). The van der Waals surface area contributed by atoms with Crippen LogP contribution in [0.5, 0.6) is 0 Å². The van der Waals surface area contributed by atoms with Crippen molar-refractivity contribution in [3.63, 3.8) is 0 Å². The van der Waals surface area contributed by atoms with Gasteiger partial charge in [-0.25, -0.2) is 0 Å². The smallest absolute Gasteiger partial charge is 0.257 e. The Hall–Kier alpha value is -1.82. The highest BCUT2D eigenvalue weighted by Gasteiger charge is 2.29. The predicted octanol–water partition coefficient (Wildman–Crippen LogP) is -0.123. The minimum absolute atomic E-state index is 0.0141. The summed E-state index contributed by atoms with van der Waals surface area (Å²) in [6.07, 6.45) is 2.24. The van der Waals surface area contributed by atoms with E-state index in [4.69, 9.17) is 10.2 Å². The minimum Gasteiger partial charge on any atom is -0.469 e. The van der Waals surface area contributed by atoms with Crippen LogP contribution in [0.2, 0.25) is 0 Å². The third kappa shape index (κ3) is 2.70. The first-order chi connectivity index (χ1) is 8.58. The van der Waals surface area contributed by atoms with Crippen LogP contribution in [-0.2, 0) is 4.79 Å². The fourth-order valence-corrected chi connectivity index (χ4v) is 2.16. The van der Waals surface area contributed by atoms with Crippen molar-refractivity contribution in [3.05, 3.63) is 23.7 Å². The zero-order valence-corrected chi connectivity index (χ0v) is 10.3. The molecule has 0 bridgehead atoms. The molecule has 1 aromatic rings. The molecular formula is C12H17N3O3. The van der Waals surface area contributed by atoms with E-state index >= 15 is 0 Å². The van der Waals surface area contributed by atoms with Gasteiger partial charge in [-0.15, -0.1) is 0 Å².